The van der Waals surface area contributed by atoms with Crippen LogP contribution < -0.4 is 5.32 Å². The predicted octanol–water partition coefficient (Wildman–Crippen LogP) is 2.00. The number of anilines is 1. The van der Waals surface area contributed by atoms with E-state index in [-0.39, 0.29) is 0 Å². The summed E-state index contributed by atoms with van der Waals surface area (Å²) in [6.07, 6.45) is 3.95. The first-order valence-corrected chi connectivity index (χ1v) is 6.87. The Kier molecular flexibility index (Phi) is 3.52. The molecule has 2 aromatic heterocycles. The van der Waals surface area contributed by atoms with E-state index in [4.69, 9.17) is 16.3 Å². The van der Waals surface area contributed by atoms with Crippen molar-refractivity contribution in [3.8, 4) is 0 Å². The Labute approximate surface area is 116 Å². The highest BCUT2D eigenvalue weighted by atomic mass is 35.5. The molecule has 2 atom stereocenters. The fourth-order valence-corrected chi connectivity index (χ4v) is 2.70. The lowest BCUT2D eigenvalue weighted by molar-refractivity contribution is 0.0900. The monoisotopic (exact) mass is 281 g/mol. The second kappa shape index (κ2) is 5.30. The molecule has 0 saturated carbocycles. The topological polar surface area (TPSA) is 64.3 Å². The summed E-state index contributed by atoms with van der Waals surface area (Å²) in [6, 6.07) is 1.76. The molecule has 102 valence electrons. The Balaban J connectivity index is 1.76. The number of fused-ring (bicyclic) bond motifs is 1. The minimum atomic E-state index is 0.344. The van der Waals surface area contributed by atoms with Crippen LogP contribution in [0, 0.1) is 5.92 Å². The van der Waals surface area contributed by atoms with Crippen molar-refractivity contribution in [1.29, 1.82) is 0 Å². The molecule has 7 heteroatoms. The number of halogens is 1. The van der Waals surface area contributed by atoms with Crippen molar-refractivity contribution >= 4 is 23.2 Å². The van der Waals surface area contributed by atoms with Crippen LogP contribution in [0.4, 0.5) is 5.82 Å². The number of hydrogen-bond donors (Lipinski definition) is 1. The van der Waals surface area contributed by atoms with Gasteiger partial charge in [-0.2, -0.15) is 19.6 Å². The first-order valence-electron chi connectivity index (χ1n) is 6.49. The maximum Gasteiger partial charge on any atom is 0.255 e. The number of hydrogen-bond acceptors (Lipinski definition) is 5. The third kappa shape index (κ3) is 2.50. The average Bonchev–Trinajstić information content (AvgIpc) is 3.03. The van der Waals surface area contributed by atoms with E-state index in [0.717, 1.165) is 31.8 Å². The first-order chi connectivity index (χ1) is 9.28. The lowest BCUT2D eigenvalue weighted by Gasteiger charge is -2.18. The van der Waals surface area contributed by atoms with Gasteiger partial charge in [-0.1, -0.05) is 18.5 Å². The third-order valence-electron chi connectivity index (χ3n) is 3.51. The maximum absolute atomic E-state index is 5.98. The van der Waals surface area contributed by atoms with Crippen LogP contribution in [-0.4, -0.2) is 38.8 Å². The molecule has 0 aliphatic carbocycles. The molecule has 1 fully saturated rings. The van der Waals surface area contributed by atoms with Crippen molar-refractivity contribution in [3.63, 3.8) is 0 Å². The van der Waals surface area contributed by atoms with Gasteiger partial charge in [-0.15, -0.1) is 0 Å². The second-order valence-electron chi connectivity index (χ2n) is 4.68. The van der Waals surface area contributed by atoms with Crippen LogP contribution in [0.25, 0.3) is 5.78 Å². The first kappa shape index (κ1) is 12.6. The molecule has 3 heterocycles. The summed E-state index contributed by atoms with van der Waals surface area (Å²) in [4.78, 5) is 8.14. The van der Waals surface area contributed by atoms with Crippen molar-refractivity contribution in [3.05, 3.63) is 17.5 Å². The highest BCUT2D eigenvalue weighted by Crippen LogP contribution is 2.24. The third-order valence-corrected chi connectivity index (χ3v) is 3.71. The Hall–Kier alpha value is -1.40. The van der Waals surface area contributed by atoms with E-state index in [2.05, 4.69) is 27.3 Å². The zero-order chi connectivity index (χ0) is 13.2. The molecule has 19 heavy (non-hydrogen) atoms. The van der Waals surface area contributed by atoms with Crippen LogP contribution in [-0.2, 0) is 4.74 Å². The number of ether oxygens (including phenoxy) is 1. The van der Waals surface area contributed by atoms with Crippen molar-refractivity contribution < 1.29 is 4.74 Å². The molecule has 1 N–H and O–H groups in total. The molecule has 0 bridgehead atoms. The molecule has 2 unspecified atom stereocenters. The quantitative estimate of drug-likeness (QED) is 0.869. The van der Waals surface area contributed by atoms with Gasteiger partial charge >= 0.3 is 0 Å². The van der Waals surface area contributed by atoms with Crippen LogP contribution in [0.5, 0.6) is 0 Å². The molecule has 1 aliphatic heterocycles. The number of nitrogens with zero attached hydrogens (tertiary/aromatic N) is 4. The SMILES string of the molecule is CCC1OCCC1CNc1cc(Cl)nc2ncnn12. The van der Waals surface area contributed by atoms with Crippen molar-refractivity contribution in [2.75, 3.05) is 18.5 Å². The molecule has 0 radical (unpaired) electrons. The number of rotatable bonds is 4. The maximum atomic E-state index is 5.98. The summed E-state index contributed by atoms with van der Waals surface area (Å²) in [6.45, 7) is 3.84. The van der Waals surface area contributed by atoms with Gasteiger partial charge in [0.15, 0.2) is 0 Å². The van der Waals surface area contributed by atoms with Crippen LogP contribution >= 0.6 is 11.6 Å². The lowest BCUT2D eigenvalue weighted by atomic mass is 10.00. The molecule has 0 aromatic carbocycles. The predicted molar refractivity (Wildman–Crippen MR) is 72.4 cm³/mol. The fourth-order valence-electron chi connectivity index (χ4n) is 2.52. The van der Waals surface area contributed by atoms with E-state index in [1.807, 2.05) is 0 Å². The van der Waals surface area contributed by atoms with Gasteiger partial charge < -0.3 is 10.1 Å². The average molecular weight is 282 g/mol. The van der Waals surface area contributed by atoms with Crippen LogP contribution in [0.1, 0.15) is 19.8 Å². The molecule has 3 rings (SSSR count). The van der Waals surface area contributed by atoms with E-state index < -0.39 is 0 Å². The van der Waals surface area contributed by atoms with Gasteiger partial charge in [-0.25, -0.2) is 0 Å². The summed E-state index contributed by atoms with van der Waals surface area (Å²) in [5.74, 6) is 1.84. The van der Waals surface area contributed by atoms with Gasteiger partial charge in [0.1, 0.15) is 17.3 Å². The Morgan fingerprint density at radius 3 is 3.32 bits per heavy atom. The summed E-state index contributed by atoms with van der Waals surface area (Å²) in [5.41, 5.74) is 0. The zero-order valence-corrected chi connectivity index (χ0v) is 11.5. The van der Waals surface area contributed by atoms with Crippen molar-refractivity contribution in [2.45, 2.75) is 25.9 Å². The highest BCUT2D eigenvalue weighted by Gasteiger charge is 2.26. The molecule has 1 saturated heterocycles. The molecule has 0 amide bonds. The Morgan fingerprint density at radius 1 is 1.58 bits per heavy atom. The van der Waals surface area contributed by atoms with E-state index in [0.29, 0.717) is 23.0 Å². The summed E-state index contributed by atoms with van der Waals surface area (Å²) in [7, 11) is 0. The molecule has 6 nitrogen and oxygen atoms in total. The van der Waals surface area contributed by atoms with Crippen LogP contribution in [0.2, 0.25) is 5.15 Å². The van der Waals surface area contributed by atoms with Crippen molar-refractivity contribution in [2.24, 2.45) is 5.92 Å². The smallest absolute Gasteiger partial charge is 0.255 e. The standard InChI is InChI=1S/C12H16ClN5O/c1-2-9-8(3-4-19-9)6-14-11-5-10(13)17-12-15-7-16-18(11)12/h5,7-9,14H,2-4,6H2,1H3. The summed E-state index contributed by atoms with van der Waals surface area (Å²) in [5, 5.41) is 7.93. The Morgan fingerprint density at radius 2 is 2.47 bits per heavy atom. The van der Waals surface area contributed by atoms with Gasteiger partial charge in [-0.05, 0) is 12.8 Å². The minimum Gasteiger partial charge on any atom is -0.378 e. The number of nitrogens with one attached hydrogen (secondary N) is 1. The van der Waals surface area contributed by atoms with E-state index in [1.165, 1.54) is 6.33 Å². The zero-order valence-electron chi connectivity index (χ0n) is 10.7. The van der Waals surface area contributed by atoms with Crippen molar-refractivity contribution in [1.82, 2.24) is 19.6 Å². The summed E-state index contributed by atoms with van der Waals surface area (Å²) < 4.78 is 7.34. The Bertz CT molecular complexity index is 572. The minimum absolute atomic E-state index is 0.344. The lowest BCUT2D eigenvalue weighted by Crippen LogP contribution is -2.23. The van der Waals surface area contributed by atoms with Gasteiger partial charge in [0.05, 0.1) is 6.10 Å². The molecule has 1 aliphatic rings. The van der Waals surface area contributed by atoms with Gasteiger partial charge in [-0.3, -0.25) is 0 Å². The van der Waals surface area contributed by atoms with Crippen LogP contribution in [0.15, 0.2) is 12.4 Å². The molecule has 2 aromatic rings. The molecule has 0 spiro atoms. The normalized spacial score (nSPS) is 23.1. The number of aromatic nitrogens is 4. The van der Waals surface area contributed by atoms with E-state index in [9.17, 15) is 0 Å². The van der Waals surface area contributed by atoms with Gasteiger partial charge in [0.25, 0.3) is 5.78 Å². The largest absolute Gasteiger partial charge is 0.378 e. The van der Waals surface area contributed by atoms with Gasteiger partial charge in [0, 0.05) is 25.1 Å². The summed E-state index contributed by atoms with van der Waals surface area (Å²) >= 11 is 5.98. The van der Waals surface area contributed by atoms with Gasteiger partial charge in [0.2, 0.25) is 0 Å². The molecular weight excluding hydrogens is 266 g/mol. The van der Waals surface area contributed by atoms with E-state index in [1.54, 1.807) is 10.6 Å². The molecular formula is C12H16ClN5O. The van der Waals surface area contributed by atoms with E-state index >= 15 is 0 Å². The van der Waals surface area contributed by atoms with Crippen LogP contribution in [0.3, 0.4) is 0 Å². The highest BCUT2D eigenvalue weighted by molar-refractivity contribution is 6.29. The fraction of sp³-hybridized carbons (Fsp3) is 0.583. The second-order valence-corrected chi connectivity index (χ2v) is 5.07.